The molecule has 0 fully saturated rings. The van der Waals surface area contributed by atoms with E-state index in [1.807, 2.05) is 35.7 Å². The second kappa shape index (κ2) is 5.77. The number of carbonyl (C=O) groups excluding carboxylic acids is 1. The van der Waals surface area contributed by atoms with Gasteiger partial charge in [-0.3, -0.25) is 4.79 Å². The number of carbonyl (C=O) groups is 1. The van der Waals surface area contributed by atoms with Gasteiger partial charge >= 0.3 is 0 Å². The van der Waals surface area contributed by atoms with Gasteiger partial charge in [0.15, 0.2) is 11.5 Å². The Bertz CT molecular complexity index is 606. The average molecular weight is 276 g/mol. The zero-order valence-electron chi connectivity index (χ0n) is 12.3. The molecule has 2 heterocycles. The van der Waals surface area contributed by atoms with Gasteiger partial charge in [-0.15, -0.1) is 0 Å². The summed E-state index contributed by atoms with van der Waals surface area (Å²) < 4.78 is 1.90. The minimum atomic E-state index is 0.0212. The van der Waals surface area contributed by atoms with Crippen molar-refractivity contribution in [1.29, 1.82) is 0 Å². The van der Waals surface area contributed by atoms with Gasteiger partial charge in [0.25, 0.3) is 0 Å². The van der Waals surface area contributed by atoms with Crippen molar-refractivity contribution in [3.8, 4) is 0 Å². The number of imidazole rings is 1. The van der Waals surface area contributed by atoms with Gasteiger partial charge < -0.3 is 19.5 Å². The van der Waals surface area contributed by atoms with E-state index in [2.05, 4.69) is 15.3 Å². The highest BCUT2D eigenvalue weighted by molar-refractivity contribution is 5.82. The van der Waals surface area contributed by atoms with Gasteiger partial charge in [0.05, 0.1) is 12.7 Å². The number of fused-ring (bicyclic) bond motifs is 1. The van der Waals surface area contributed by atoms with Gasteiger partial charge in [0.2, 0.25) is 5.91 Å². The third kappa shape index (κ3) is 2.81. The normalized spacial score (nSPS) is 10.6. The first-order chi connectivity index (χ1) is 9.52. The zero-order chi connectivity index (χ0) is 14.7. The molecule has 0 atom stereocenters. The highest BCUT2D eigenvalue weighted by Gasteiger charge is 2.15. The van der Waals surface area contributed by atoms with Crippen LogP contribution >= 0.6 is 0 Å². The van der Waals surface area contributed by atoms with Crippen LogP contribution in [0.1, 0.15) is 6.92 Å². The molecule has 2 rings (SSSR count). The topological polar surface area (TPSA) is 65.8 Å². The predicted molar refractivity (Wildman–Crippen MR) is 79.1 cm³/mol. The first-order valence-corrected chi connectivity index (χ1v) is 6.51. The van der Waals surface area contributed by atoms with E-state index < -0.39 is 0 Å². The fourth-order valence-corrected chi connectivity index (χ4v) is 1.86. The van der Waals surface area contributed by atoms with Crippen molar-refractivity contribution in [1.82, 2.24) is 19.3 Å². The van der Waals surface area contributed by atoms with Crippen molar-refractivity contribution in [2.24, 2.45) is 0 Å². The molecule has 0 saturated heterocycles. The summed E-state index contributed by atoms with van der Waals surface area (Å²) in [5.41, 5.74) is 0.737. The maximum atomic E-state index is 11.8. The number of hydrogen-bond acceptors (Lipinski definition) is 5. The van der Waals surface area contributed by atoms with E-state index >= 15 is 0 Å². The summed E-state index contributed by atoms with van der Waals surface area (Å²) in [6.45, 7) is 3.06. The molecule has 0 aliphatic heterocycles. The summed E-state index contributed by atoms with van der Waals surface area (Å²) in [7, 11) is 5.32. The number of hydrogen-bond donors (Lipinski definition) is 1. The second-order valence-electron chi connectivity index (χ2n) is 4.78. The predicted octanol–water partition coefficient (Wildman–Crippen LogP) is 0.685. The van der Waals surface area contributed by atoms with Crippen molar-refractivity contribution >= 4 is 23.2 Å². The summed E-state index contributed by atoms with van der Waals surface area (Å²) >= 11 is 0. The lowest BCUT2D eigenvalue weighted by Gasteiger charge is -2.21. The van der Waals surface area contributed by atoms with E-state index in [-0.39, 0.29) is 12.5 Å². The van der Waals surface area contributed by atoms with E-state index in [1.165, 1.54) is 0 Å². The standard InChI is InChI=1S/C13H20N6O/c1-5-14-10-8-19-7-6-15-12(19)13(16-10)18(4)9-11(20)17(2)3/h6-8,14H,5,9H2,1-4H3. The van der Waals surface area contributed by atoms with Crippen molar-refractivity contribution in [2.75, 3.05) is 44.4 Å². The molecule has 108 valence electrons. The molecular formula is C13H20N6O. The van der Waals surface area contributed by atoms with Crippen LogP contribution in [0.15, 0.2) is 18.6 Å². The van der Waals surface area contributed by atoms with Crippen LogP contribution < -0.4 is 10.2 Å². The SMILES string of the molecule is CCNc1cn2ccnc2c(N(C)CC(=O)N(C)C)n1. The molecule has 20 heavy (non-hydrogen) atoms. The largest absolute Gasteiger partial charge is 0.369 e. The number of likely N-dealkylation sites (N-methyl/N-ethyl adjacent to an activating group) is 2. The van der Waals surface area contributed by atoms with Crippen LogP contribution in [0.5, 0.6) is 0 Å². The molecular weight excluding hydrogens is 256 g/mol. The highest BCUT2D eigenvalue weighted by Crippen LogP contribution is 2.19. The van der Waals surface area contributed by atoms with Gasteiger partial charge in [0.1, 0.15) is 5.82 Å². The molecule has 1 N–H and O–H groups in total. The Morgan fingerprint density at radius 2 is 2.15 bits per heavy atom. The molecule has 0 saturated carbocycles. The van der Waals surface area contributed by atoms with E-state index in [4.69, 9.17) is 0 Å². The molecule has 0 aromatic carbocycles. The quantitative estimate of drug-likeness (QED) is 0.870. The molecule has 7 heteroatoms. The Morgan fingerprint density at radius 3 is 2.80 bits per heavy atom. The van der Waals surface area contributed by atoms with Crippen LogP contribution in [-0.4, -0.2) is 59.4 Å². The summed E-state index contributed by atoms with van der Waals surface area (Å²) in [6, 6.07) is 0. The molecule has 2 aromatic heterocycles. The Balaban J connectivity index is 2.35. The number of nitrogens with one attached hydrogen (secondary N) is 1. The fraction of sp³-hybridized carbons (Fsp3) is 0.462. The average Bonchev–Trinajstić information content (AvgIpc) is 2.85. The van der Waals surface area contributed by atoms with Crippen LogP contribution in [-0.2, 0) is 4.79 Å². The number of aromatic nitrogens is 3. The third-order valence-corrected chi connectivity index (χ3v) is 2.95. The monoisotopic (exact) mass is 276 g/mol. The van der Waals surface area contributed by atoms with Crippen molar-refractivity contribution in [3.05, 3.63) is 18.6 Å². The summed E-state index contributed by atoms with van der Waals surface area (Å²) in [5, 5.41) is 3.18. The lowest BCUT2D eigenvalue weighted by Crippen LogP contribution is -2.35. The first-order valence-electron chi connectivity index (χ1n) is 6.51. The zero-order valence-corrected chi connectivity index (χ0v) is 12.3. The third-order valence-electron chi connectivity index (χ3n) is 2.95. The van der Waals surface area contributed by atoms with E-state index in [0.717, 1.165) is 18.0 Å². The van der Waals surface area contributed by atoms with Crippen molar-refractivity contribution in [3.63, 3.8) is 0 Å². The Morgan fingerprint density at radius 1 is 1.40 bits per heavy atom. The van der Waals surface area contributed by atoms with Crippen LogP contribution in [0.2, 0.25) is 0 Å². The van der Waals surface area contributed by atoms with Crippen LogP contribution in [0, 0.1) is 0 Å². The Labute approximate surface area is 118 Å². The van der Waals surface area contributed by atoms with Crippen LogP contribution in [0.3, 0.4) is 0 Å². The van der Waals surface area contributed by atoms with E-state index in [1.54, 1.807) is 25.2 Å². The van der Waals surface area contributed by atoms with Gasteiger partial charge in [-0.1, -0.05) is 0 Å². The van der Waals surface area contributed by atoms with Crippen LogP contribution in [0.25, 0.3) is 5.65 Å². The lowest BCUT2D eigenvalue weighted by molar-refractivity contribution is -0.127. The summed E-state index contributed by atoms with van der Waals surface area (Å²) in [6.07, 6.45) is 5.47. The van der Waals surface area contributed by atoms with Gasteiger partial charge in [-0.2, -0.15) is 0 Å². The summed E-state index contributed by atoms with van der Waals surface area (Å²) in [5.74, 6) is 1.47. The number of anilines is 2. The highest BCUT2D eigenvalue weighted by atomic mass is 16.2. The summed E-state index contributed by atoms with van der Waals surface area (Å²) in [4.78, 5) is 24.0. The molecule has 0 radical (unpaired) electrons. The molecule has 0 aliphatic rings. The Hall–Kier alpha value is -2.31. The minimum absolute atomic E-state index is 0.0212. The van der Waals surface area contributed by atoms with Gasteiger partial charge in [-0.25, -0.2) is 9.97 Å². The van der Waals surface area contributed by atoms with Gasteiger partial charge in [0, 0.05) is 40.1 Å². The molecule has 1 amide bonds. The molecule has 0 unspecified atom stereocenters. The molecule has 0 bridgehead atoms. The molecule has 2 aromatic rings. The maximum absolute atomic E-state index is 11.8. The van der Waals surface area contributed by atoms with Crippen molar-refractivity contribution in [2.45, 2.75) is 6.92 Å². The van der Waals surface area contributed by atoms with Crippen LogP contribution in [0.4, 0.5) is 11.6 Å². The van der Waals surface area contributed by atoms with Gasteiger partial charge in [-0.05, 0) is 6.92 Å². The van der Waals surface area contributed by atoms with E-state index in [0.29, 0.717) is 5.82 Å². The number of rotatable bonds is 5. The first kappa shape index (κ1) is 14.1. The number of amides is 1. The van der Waals surface area contributed by atoms with E-state index in [9.17, 15) is 4.79 Å². The minimum Gasteiger partial charge on any atom is -0.369 e. The maximum Gasteiger partial charge on any atom is 0.241 e. The van der Waals surface area contributed by atoms with Crippen molar-refractivity contribution < 1.29 is 4.79 Å². The number of nitrogens with zero attached hydrogens (tertiary/aromatic N) is 5. The second-order valence-corrected chi connectivity index (χ2v) is 4.78. The Kier molecular flexibility index (Phi) is 4.07. The fourth-order valence-electron chi connectivity index (χ4n) is 1.86. The molecule has 0 aliphatic carbocycles. The smallest absolute Gasteiger partial charge is 0.241 e. The molecule has 7 nitrogen and oxygen atoms in total. The molecule has 0 spiro atoms. The lowest BCUT2D eigenvalue weighted by atomic mass is 10.4.